The van der Waals surface area contributed by atoms with Gasteiger partial charge >= 0.3 is 6.03 Å². The molecule has 0 unspecified atom stereocenters. The molecule has 27 heavy (non-hydrogen) atoms. The molecule has 0 saturated carbocycles. The van der Waals surface area contributed by atoms with E-state index in [-0.39, 0.29) is 18.5 Å². The summed E-state index contributed by atoms with van der Waals surface area (Å²) in [5.74, 6) is -0.371. The van der Waals surface area contributed by atoms with Crippen LogP contribution in [0, 0.1) is 5.82 Å². The van der Waals surface area contributed by atoms with Gasteiger partial charge in [-0.15, -0.1) is 0 Å². The van der Waals surface area contributed by atoms with Gasteiger partial charge in [0.1, 0.15) is 5.82 Å². The number of ether oxygens (including phenoxy) is 1. The molecule has 6 nitrogen and oxygen atoms in total. The number of carbonyl (C=O) groups is 1. The summed E-state index contributed by atoms with van der Waals surface area (Å²) in [4.78, 5) is 14.1. The number of hydrogen-bond acceptors (Lipinski definition) is 3. The van der Waals surface area contributed by atoms with Crippen LogP contribution in [-0.2, 0) is 38.0 Å². The predicted octanol–water partition coefficient (Wildman–Crippen LogP) is 3.41. The van der Waals surface area contributed by atoms with Crippen LogP contribution in [0.3, 0.4) is 0 Å². The molecule has 146 valence electrons. The minimum Gasteiger partial charge on any atom is -0.370 e. The van der Waals surface area contributed by atoms with Crippen molar-refractivity contribution >= 4 is 17.6 Å². The first-order chi connectivity index (χ1) is 13.0. The van der Waals surface area contributed by atoms with Crippen molar-refractivity contribution in [2.24, 2.45) is 7.05 Å². The number of aryl methyl sites for hydroxylation is 1. The number of halogens is 2. The average molecular weight is 395 g/mol. The molecule has 0 saturated heterocycles. The Hall–Kier alpha value is -2.12. The predicted molar refractivity (Wildman–Crippen MR) is 101 cm³/mol. The Morgan fingerprint density at radius 3 is 2.96 bits per heavy atom. The van der Waals surface area contributed by atoms with Crippen molar-refractivity contribution in [1.29, 1.82) is 0 Å². The fraction of sp³-hybridized carbons (Fsp3) is 0.474. The zero-order valence-electron chi connectivity index (χ0n) is 15.6. The lowest BCUT2D eigenvalue weighted by molar-refractivity contribution is 0.103. The number of carbonyl (C=O) groups excluding carboxylic acids is 1. The van der Waals surface area contributed by atoms with E-state index in [1.165, 1.54) is 12.1 Å². The number of urea groups is 1. The van der Waals surface area contributed by atoms with Crippen molar-refractivity contribution in [3.05, 3.63) is 51.6 Å². The first-order valence-corrected chi connectivity index (χ1v) is 9.45. The van der Waals surface area contributed by atoms with E-state index in [4.69, 9.17) is 16.3 Å². The largest absolute Gasteiger partial charge is 0.370 e. The molecule has 3 rings (SSSR count). The third-order valence-electron chi connectivity index (χ3n) is 4.65. The maximum absolute atomic E-state index is 13.1. The van der Waals surface area contributed by atoms with Crippen molar-refractivity contribution in [3.8, 4) is 0 Å². The van der Waals surface area contributed by atoms with Crippen LogP contribution < -0.4 is 5.32 Å². The van der Waals surface area contributed by atoms with Crippen LogP contribution in [0.4, 0.5) is 9.18 Å². The van der Waals surface area contributed by atoms with Gasteiger partial charge in [0.25, 0.3) is 0 Å². The quantitative estimate of drug-likeness (QED) is 0.816. The molecule has 0 atom stereocenters. The van der Waals surface area contributed by atoms with Gasteiger partial charge in [0, 0.05) is 42.8 Å². The van der Waals surface area contributed by atoms with Gasteiger partial charge in [-0.1, -0.05) is 24.6 Å². The molecule has 1 aromatic carbocycles. The first kappa shape index (κ1) is 19.6. The lowest BCUT2D eigenvalue weighted by Gasteiger charge is -2.27. The molecular formula is C19H24ClFN4O2. The molecule has 2 aromatic rings. The average Bonchev–Trinajstić information content (AvgIpc) is 2.97. The van der Waals surface area contributed by atoms with Gasteiger partial charge in [-0.05, 0) is 24.1 Å². The number of fused-ring (bicyclic) bond motifs is 1. The zero-order chi connectivity index (χ0) is 19.4. The minimum atomic E-state index is -0.371. The molecule has 1 N–H and O–H groups in total. The number of hydrogen-bond donors (Lipinski definition) is 1. The molecule has 0 fully saturated rings. The monoisotopic (exact) mass is 394 g/mol. The normalized spacial score (nSPS) is 13.6. The number of rotatable bonds is 6. The van der Waals surface area contributed by atoms with Crippen molar-refractivity contribution in [2.75, 3.05) is 13.1 Å². The molecule has 0 aliphatic carbocycles. The Morgan fingerprint density at radius 1 is 1.41 bits per heavy atom. The lowest BCUT2D eigenvalue weighted by Crippen LogP contribution is -2.43. The Bertz CT molecular complexity index is 824. The van der Waals surface area contributed by atoms with Gasteiger partial charge < -0.3 is 15.0 Å². The topological polar surface area (TPSA) is 59.4 Å². The van der Waals surface area contributed by atoms with E-state index >= 15 is 0 Å². The fourth-order valence-corrected chi connectivity index (χ4v) is 3.42. The highest BCUT2D eigenvalue weighted by atomic mass is 35.5. The second-order valence-electron chi connectivity index (χ2n) is 6.63. The van der Waals surface area contributed by atoms with E-state index in [0.29, 0.717) is 31.3 Å². The molecule has 0 spiro atoms. The fourth-order valence-electron chi connectivity index (χ4n) is 3.20. The maximum Gasteiger partial charge on any atom is 0.317 e. The van der Waals surface area contributed by atoms with Crippen molar-refractivity contribution in [1.82, 2.24) is 20.0 Å². The highest BCUT2D eigenvalue weighted by Gasteiger charge is 2.26. The second-order valence-corrected chi connectivity index (χ2v) is 7.03. The summed E-state index contributed by atoms with van der Waals surface area (Å²) in [5.41, 5.74) is 3.72. The highest BCUT2D eigenvalue weighted by Crippen LogP contribution is 2.24. The van der Waals surface area contributed by atoms with E-state index in [1.807, 2.05) is 18.7 Å². The molecule has 8 heteroatoms. The Kier molecular flexibility index (Phi) is 6.34. The standard InChI is InChI=1S/C19H24ClFN4O2/c1-3-7-22-19(26)25-8-6-18-15(10-25)17(23-24(18)2)12-27-11-13-4-5-14(21)9-16(13)20/h4-5,9H,3,6-8,10-12H2,1-2H3,(H,22,26). The van der Waals surface area contributed by atoms with E-state index in [9.17, 15) is 9.18 Å². The summed E-state index contributed by atoms with van der Waals surface area (Å²) in [6.07, 6.45) is 1.67. The summed E-state index contributed by atoms with van der Waals surface area (Å²) in [5, 5.41) is 7.82. The highest BCUT2D eigenvalue weighted by molar-refractivity contribution is 6.31. The van der Waals surface area contributed by atoms with Gasteiger partial charge in [-0.3, -0.25) is 4.68 Å². The van der Waals surface area contributed by atoms with E-state index in [1.54, 1.807) is 11.0 Å². The van der Waals surface area contributed by atoms with Gasteiger partial charge in [-0.2, -0.15) is 5.10 Å². The Labute approximate surface area is 163 Å². The molecule has 2 amide bonds. The number of nitrogens with zero attached hydrogens (tertiary/aromatic N) is 3. The number of aromatic nitrogens is 2. The van der Waals surface area contributed by atoms with E-state index in [2.05, 4.69) is 10.4 Å². The maximum atomic E-state index is 13.1. The smallest absolute Gasteiger partial charge is 0.317 e. The molecule has 0 radical (unpaired) electrons. The lowest BCUT2D eigenvalue weighted by atomic mass is 10.1. The van der Waals surface area contributed by atoms with Crippen molar-refractivity contribution in [2.45, 2.75) is 39.5 Å². The van der Waals surface area contributed by atoms with Gasteiger partial charge in [0.05, 0.1) is 25.5 Å². The Morgan fingerprint density at radius 2 is 2.22 bits per heavy atom. The molecule has 1 aliphatic heterocycles. The molecule has 1 aliphatic rings. The van der Waals surface area contributed by atoms with Gasteiger partial charge in [0.2, 0.25) is 0 Å². The van der Waals surface area contributed by atoms with Crippen molar-refractivity contribution < 1.29 is 13.9 Å². The molecule has 2 heterocycles. The summed E-state index contributed by atoms with van der Waals surface area (Å²) in [7, 11) is 1.91. The number of benzene rings is 1. The van der Waals surface area contributed by atoms with Crippen LogP contribution in [0.1, 0.15) is 35.9 Å². The summed E-state index contributed by atoms with van der Waals surface area (Å²) in [6.45, 7) is 4.47. The zero-order valence-corrected chi connectivity index (χ0v) is 16.4. The van der Waals surface area contributed by atoms with Crippen LogP contribution in [0.2, 0.25) is 5.02 Å². The van der Waals surface area contributed by atoms with Crippen molar-refractivity contribution in [3.63, 3.8) is 0 Å². The molecule has 0 bridgehead atoms. The summed E-state index contributed by atoms with van der Waals surface area (Å²) < 4.78 is 20.8. The van der Waals surface area contributed by atoms with Crippen LogP contribution in [0.15, 0.2) is 18.2 Å². The van der Waals surface area contributed by atoms with E-state index in [0.717, 1.165) is 35.4 Å². The van der Waals surface area contributed by atoms with Crippen LogP contribution in [0.5, 0.6) is 0 Å². The van der Waals surface area contributed by atoms with Gasteiger partial charge in [0.15, 0.2) is 0 Å². The van der Waals surface area contributed by atoms with E-state index < -0.39 is 0 Å². The molecule has 1 aromatic heterocycles. The van der Waals surface area contributed by atoms with Crippen LogP contribution in [0.25, 0.3) is 0 Å². The van der Waals surface area contributed by atoms with Gasteiger partial charge in [-0.25, -0.2) is 9.18 Å². The minimum absolute atomic E-state index is 0.0451. The number of nitrogens with one attached hydrogen (secondary N) is 1. The third-order valence-corrected chi connectivity index (χ3v) is 5.00. The SMILES string of the molecule is CCCNC(=O)N1CCc2c(c(COCc3ccc(F)cc3Cl)nn2C)C1. The molecular weight excluding hydrogens is 371 g/mol. The summed E-state index contributed by atoms with van der Waals surface area (Å²) in [6, 6.07) is 4.21. The van der Waals surface area contributed by atoms with Crippen LogP contribution >= 0.6 is 11.6 Å². The second kappa shape index (κ2) is 8.71. The number of amides is 2. The van der Waals surface area contributed by atoms with Crippen LogP contribution in [-0.4, -0.2) is 33.8 Å². The Balaban J connectivity index is 1.65. The third kappa shape index (κ3) is 4.59. The summed E-state index contributed by atoms with van der Waals surface area (Å²) >= 11 is 6.04. The first-order valence-electron chi connectivity index (χ1n) is 9.07.